The van der Waals surface area contributed by atoms with Crippen LogP contribution in [-0.2, 0) is 0 Å². The fourth-order valence-corrected chi connectivity index (χ4v) is 7.09. The molecule has 0 saturated carbocycles. The first-order valence-corrected chi connectivity index (χ1v) is 17.9. The van der Waals surface area contributed by atoms with Gasteiger partial charge in [0, 0.05) is 22.3 Å². The Kier molecular flexibility index (Phi) is 8.57. The van der Waals surface area contributed by atoms with Gasteiger partial charge in [-0.1, -0.05) is 170 Å². The first-order chi connectivity index (χ1) is 26.7. The van der Waals surface area contributed by atoms with Crippen molar-refractivity contribution in [1.82, 2.24) is 15.0 Å². The Morgan fingerprint density at radius 2 is 0.759 bits per heavy atom. The number of fused-ring (bicyclic) bond motifs is 1. The van der Waals surface area contributed by atoms with E-state index in [0.717, 1.165) is 50.1 Å². The van der Waals surface area contributed by atoms with Crippen LogP contribution in [0.5, 0.6) is 0 Å². The second-order valence-corrected chi connectivity index (χ2v) is 13.1. The minimum absolute atomic E-state index is 0.535. The molecule has 9 rings (SSSR count). The lowest BCUT2D eigenvalue weighted by Crippen LogP contribution is -2.02. The zero-order chi connectivity index (χ0) is 36.3. The third kappa shape index (κ3) is 6.32. The number of benzene rings is 8. The van der Waals surface area contributed by atoms with Gasteiger partial charge in [0.05, 0.1) is 11.6 Å². The molecule has 0 aliphatic rings. The van der Waals surface area contributed by atoms with Gasteiger partial charge in [-0.15, -0.1) is 0 Å². The normalized spacial score (nSPS) is 10.9. The predicted octanol–water partition coefficient (Wildman–Crippen LogP) is 12.6. The number of aromatic nitrogens is 3. The Balaban J connectivity index is 1.22. The number of hydrogen-bond donors (Lipinski definition) is 0. The highest BCUT2D eigenvalue weighted by molar-refractivity contribution is 5.97. The Bertz CT molecular complexity index is 2780. The van der Waals surface area contributed by atoms with E-state index in [1.807, 2.05) is 24.3 Å². The quantitative estimate of drug-likeness (QED) is 0.167. The van der Waals surface area contributed by atoms with Crippen molar-refractivity contribution >= 4 is 10.8 Å². The van der Waals surface area contributed by atoms with E-state index in [9.17, 15) is 5.26 Å². The van der Waals surface area contributed by atoms with Crippen LogP contribution in [0.25, 0.3) is 89.4 Å². The molecule has 0 N–H and O–H groups in total. The topological polar surface area (TPSA) is 62.5 Å². The molecule has 54 heavy (non-hydrogen) atoms. The van der Waals surface area contributed by atoms with E-state index >= 15 is 0 Å². The average Bonchev–Trinajstić information content (AvgIpc) is 3.26. The molecule has 0 radical (unpaired) electrons. The molecular formula is C50H32N4. The average molecular weight is 689 g/mol. The Morgan fingerprint density at radius 3 is 1.44 bits per heavy atom. The van der Waals surface area contributed by atoms with Crippen molar-refractivity contribution < 1.29 is 0 Å². The molecule has 8 aromatic carbocycles. The zero-order valence-electron chi connectivity index (χ0n) is 29.3. The van der Waals surface area contributed by atoms with E-state index in [4.69, 9.17) is 15.0 Å². The lowest BCUT2D eigenvalue weighted by atomic mass is 9.89. The molecule has 252 valence electrons. The van der Waals surface area contributed by atoms with E-state index in [-0.39, 0.29) is 0 Å². The van der Waals surface area contributed by atoms with Gasteiger partial charge in [-0.25, -0.2) is 15.0 Å². The van der Waals surface area contributed by atoms with Gasteiger partial charge in [0.25, 0.3) is 0 Å². The summed E-state index contributed by atoms with van der Waals surface area (Å²) >= 11 is 0. The molecule has 0 saturated heterocycles. The molecule has 0 amide bonds. The highest BCUT2D eigenvalue weighted by Crippen LogP contribution is 2.41. The minimum atomic E-state index is 0.535. The monoisotopic (exact) mass is 688 g/mol. The summed E-state index contributed by atoms with van der Waals surface area (Å²) in [5, 5.41) is 11.9. The molecule has 0 fully saturated rings. The summed E-state index contributed by atoms with van der Waals surface area (Å²) in [7, 11) is 0. The first-order valence-electron chi connectivity index (χ1n) is 17.9. The molecule has 1 aromatic heterocycles. The van der Waals surface area contributed by atoms with E-state index in [1.165, 1.54) is 21.9 Å². The minimum Gasteiger partial charge on any atom is -0.208 e. The summed E-state index contributed by atoms with van der Waals surface area (Å²) in [4.78, 5) is 15.4. The van der Waals surface area contributed by atoms with Crippen molar-refractivity contribution in [3.8, 4) is 84.7 Å². The molecule has 1 heterocycles. The fraction of sp³-hybridized carbons (Fsp3) is 0. The van der Waals surface area contributed by atoms with Gasteiger partial charge in [0.15, 0.2) is 17.5 Å². The summed E-state index contributed by atoms with van der Waals surface area (Å²) in [6.07, 6.45) is 0. The Hall–Kier alpha value is -7.48. The molecule has 4 heteroatoms. The second kappa shape index (κ2) is 14.3. The van der Waals surface area contributed by atoms with Crippen molar-refractivity contribution in [1.29, 1.82) is 5.26 Å². The summed E-state index contributed by atoms with van der Waals surface area (Å²) in [6.45, 7) is 0. The molecule has 0 aliphatic carbocycles. The standard InChI is InChI=1S/C50H32N4/c51-33-34-21-23-41(24-22-34)48-52-49(42-31-27-39(28-32-42)44-18-9-16-37-15-7-8-17-43(37)44)54-50(53-48)46-20-10-19-45(38-13-5-2-6-14-38)47(46)40-29-25-36(26-30-40)35-11-3-1-4-12-35/h1-32H. The van der Waals surface area contributed by atoms with Gasteiger partial charge in [-0.3, -0.25) is 0 Å². The highest BCUT2D eigenvalue weighted by Gasteiger charge is 2.19. The largest absolute Gasteiger partial charge is 0.208 e. The third-order valence-electron chi connectivity index (χ3n) is 9.82. The number of hydrogen-bond acceptors (Lipinski definition) is 4. The number of nitriles is 1. The summed E-state index contributed by atoms with van der Waals surface area (Å²) in [5.41, 5.74) is 12.1. The van der Waals surface area contributed by atoms with Crippen LogP contribution in [0.2, 0.25) is 0 Å². The maximum atomic E-state index is 9.50. The van der Waals surface area contributed by atoms with Gasteiger partial charge in [-0.2, -0.15) is 5.26 Å². The molecule has 0 aliphatic heterocycles. The SMILES string of the molecule is N#Cc1ccc(-c2nc(-c3ccc(-c4cccc5ccccc45)cc3)nc(-c3cccc(-c4ccccc4)c3-c3ccc(-c4ccccc4)cc3)n2)cc1. The maximum Gasteiger partial charge on any atom is 0.164 e. The van der Waals surface area contributed by atoms with Crippen molar-refractivity contribution in [3.05, 3.63) is 200 Å². The van der Waals surface area contributed by atoms with E-state index in [2.05, 4.69) is 164 Å². The van der Waals surface area contributed by atoms with Gasteiger partial charge >= 0.3 is 0 Å². The van der Waals surface area contributed by atoms with Crippen LogP contribution in [0.4, 0.5) is 0 Å². The van der Waals surface area contributed by atoms with Crippen molar-refractivity contribution in [2.75, 3.05) is 0 Å². The molecule has 4 nitrogen and oxygen atoms in total. The van der Waals surface area contributed by atoms with Crippen LogP contribution in [0.15, 0.2) is 194 Å². The van der Waals surface area contributed by atoms with Gasteiger partial charge < -0.3 is 0 Å². The lowest BCUT2D eigenvalue weighted by Gasteiger charge is -2.17. The van der Waals surface area contributed by atoms with E-state index in [0.29, 0.717) is 23.0 Å². The Labute approximate surface area is 314 Å². The molecule has 0 bridgehead atoms. The molecule has 9 aromatic rings. The van der Waals surface area contributed by atoms with E-state index < -0.39 is 0 Å². The van der Waals surface area contributed by atoms with Crippen molar-refractivity contribution in [2.45, 2.75) is 0 Å². The zero-order valence-corrected chi connectivity index (χ0v) is 29.3. The van der Waals surface area contributed by atoms with Gasteiger partial charge in [-0.05, 0) is 74.0 Å². The summed E-state index contributed by atoms with van der Waals surface area (Å²) in [5.74, 6) is 1.67. The molecule has 0 spiro atoms. The Morgan fingerprint density at radius 1 is 0.315 bits per heavy atom. The van der Waals surface area contributed by atoms with Crippen LogP contribution in [-0.4, -0.2) is 15.0 Å². The maximum absolute atomic E-state index is 9.50. The third-order valence-corrected chi connectivity index (χ3v) is 9.82. The smallest absolute Gasteiger partial charge is 0.164 e. The van der Waals surface area contributed by atoms with Crippen molar-refractivity contribution in [3.63, 3.8) is 0 Å². The number of rotatable bonds is 7. The van der Waals surface area contributed by atoms with E-state index in [1.54, 1.807) is 12.1 Å². The molecular weight excluding hydrogens is 657 g/mol. The lowest BCUT2D eigenvalue weighted by molar-refractivity contribution is 1.07. The van der Waals surface area contributed by atoms with Crippen LogP contribution < -0.4 is 0 Å². The second-order valence-electron chi connectivity index (χ2n) is 13.1. The first kappa shape index (κ1) is 32.4. The van der Waals surface area contributed by atoms with Crippen LogP contribution in [0.1, 0.15) is 5.56 Å². The molecule has 0 atom stereocenters. The van der Waals surface area contributed by atoms with Crippen LogP contribution in [0.3, 0.4) is 0 Å². The van der Waals surface area contributed by atoms with Crippen LogP contribution >= 0.6 is 0 Å². The van der Waals surface area contributed by atoms with Crippen molar-refractivity contribution in [2.24, 2.45) is 0 Å². The van der Waals surface area contributed by atoms with Gasteiger partial charge in [0.2, 0.25) is 0 Å². The summed E-state index contributed by atoms with van der Waals surface area (Å²) < 4.78 is 0. The van der Waals surface area contributed by atoms with Crippen LogP contribution in [0, 0.1) is 11.3 Å². The van der Waals surface area contributed by atoms with Gasteiger partial charge in [0.1, 0.15) is 0 Å². The predicted molar refractivity (Wildman–Crippen MR) is 220 cm³/mol. The summed E-state index contributed by atoms with van der Waals surface area (Å²) in [6, 6.07) is 68.8. The fourth-order valence-electron chi connectivity index (χ4n) is 7.09. The molecule has 0 unspecified atom stereocenters. The number of nitrogens with zero attached hydrogens (tertiary/aromatic N) is 4. The highest BCUT2D eigenvalue weighted by atomic mass is 15.0.